The van der Waals surface area contributed by atoms with Gasteiger partial charge < -0.3 is 25.0 Å². The van der Waals surface area contributed by atoms with Crippen molar-refractivity contribution < 1.29 is 19.1 Å². The predicted octanol–water partition coefficient (Wildman–Crippen LogP) is 5.71. The molecule has 5 heterocycles. The molecule has 2 amide bonds. The number of benzene rings is 3. The highest BCUT2D eigenvalue weighted by Gasteiger charge is 2.41. The van der Waals surface area contributed by atoms with Crippen LogP contribution in [0.4, 0.5) is 11.6 Å². The number of hydrogen-bond donors (Lipinski definition) is 3. The number of ether oxygens (including phenoxy) is 2. The van der Waals surface area contributed by atoms with E-state index in [2.05, 4.69) is 99.2 Å². The minimum atomic E-state index is -0.239. The van der Waals surface area contributed by atoms with Gasteiger partial charge in [-0.2, -0.15) is 0 Å². The largest absolute Gasteiger partial charge is 0.490 e. The minimum absolute atomic E-state index is 0.172. The zero-order valence-electron chi connectivity index (χ0n) is 31.9. The molecule has 286 valence electrons. The summed E-state index contributed by atoms with van der Waals surface area (Å²) in [4.78, 5) is 37.9. The van der Waals surface area contributed by atoms with Crippen molar-refractivity contribution in [2.75, 3.05) is 36.4 Å². The van der Waals surface area contributed by atoms with Gasteiger partial charge in [-0.15, -0.1) is 0 Å². The Kier molecular flexibility index (Phi) is 9.46. The summed E-state index contributed by atoms with van der Waals surface area (Å²) in [5, 5.41) is 9.70. The van der Waals surface area contributed by atoms with Crippen molar-refractivity contribution in [2.45, 2.75) is 95.7 Å². The summed E-state index contributed by atoms with van der Waals surface area (Å²) >= 11 is 0. The summed E-state index contributed by atoms with van der Waals surface area (Å²) in [5.74, 6) is 2.18. The van der Waals surface area contributed by atoms with E-state index >= 15 is 0 Å². The first kappa shape index (κ1) is 35.7. The molecule has 11 heteroatoms. The van der Waals surface area contributed by atoms with Crippen LogP contribution >= 0.6 is 0 Å². The smallest absolute Gasteiger partial charge is 0.243 e. The number of nitrogens with one attached hydrogen (secondary N) is 3. The molecule has 11 nitrogen and oxygen atoms in total. The molecule has 1 saturated carbocycles. The summed E-state index contributed by atoms with van der Waals surface area (Å²) in [6.07, 6.45) is 7.32. The normalized spacial score (nSPS) is 25.1. The molecule has 5 aliphatic rings. The fourth-order valence-electron chi connectivity index (χ4n) is 9.08. The third-order valence-corrected chi connectivity index (χ3v) is 12.7. The minimum Gasteiger partial charge on any atom is -0.490 e. The molecular weight excluding hydrogens is 691 g/mol. The van der Waals surface area contributed by atoms with E-state index in [1.807, 2.05) is 24.4 Å². The van der Waals surface area contributed by atoms with Gasteiger partial charge in [0, 0.05) is 80.7 Å². The highest BCUT2D eigenvalue weighted by Crippen LogP contribution is 2.38. The molecule has 3 aromatic carbocycles. The van der Waals surface area contributed by atoms with Crippen molar-refractivity contribution in [3.05, 3.63) is 107 Å². The van der Waals surface area contributed by atoms with Crippen LogP contribution in [0, 0.1) is 5.41 Å². The SMILES string of the molecule is CC(C)(c1ccc(OCc2ccnc(N3CCC4(CCNC4)C3)n2)cc1)c1ccc(OC2CC(Nc3ccc4c(c3)CN(C3CCC(=O)NC3=O)C4)C2)cc1. The number of fused-ring (bicyclic) bond motifs is 1. The Morgan fingerprint density at radius 3 is 2.44 bits per heavy atom. The molecule has 9 rings (SSSR count). The summed E-state index contributed by atoms with van der Waals surface area (Å²) in [6.45, 7) is 10.6. The maximum atomic E-state index is 12.4. The van der Waals surface area contributed by atoms with Gasteiger partial charge in [0.1, 0.15) is 24.2 Å². The molecule has 55 heavy (non-hydrogen) atoms. The van der Waals surface area contributed by atoms with Gasteiger partial charge in [0.25, 0.3) is 0 Å². The highest BCUT2D eigenvalue weighted by atomic mass is 16.5. The number of nitrogens with zero attached hydrogens (tertiary/aromatic N) is 4. The molecule has 2 atom stereocenters. The second-order valence-corrected chi connectivity index (χ2v) is 16.8. The quantitative estimate of drug-likeness (QED) is 0.165. The molecule has 3 N–H and O–H groups in total. The van der Waals surface area contributed by atoms with Gasteiger partial charge in [0.05, 0.1) is 11.7 Å². The molecule has 0 radical (unpaired) electrons. The maximum Gasteiger partial charge on any atom is 0.243 e. The monoisotopic (exact) mass is 741 g/mol. The topological polar surface area (TPSA) is 121 Å². The number of hydrogen-bond acceptors (Lipinski definition) is 10. The predicted molar refractivity (Wildman–Crippen MR) is 211 cm³/mol. The van der Waals surface area contributed by atoms with Crippen molar-refractivity contribution in [1.82, 2.24) is 25.5 Å². The third kappa shape index (κ3) is 7.52. The second-order valence-electron chi connectivity index (χ2n) is 16.8. The van der Waals surface area contributed by atoms with Crippen molar-refractivity contribution >= 4 is 23.5 Å². The van der Waals surface area contributed by atoms with E-state index < -0.39 is 0 Å². The molecule has 3 saturated heterocycles. The van der Waals surface area contributed by atoms with Crippen molar-refractivity contribution in [2.24, 2.45) is 5.41 Å². The van der Waals surface area contributed by atoms with Gasteiger partial charge in [-0.3, -0.25) is 19.8 Å². The zero-order valence-corrected chi connectivity index (χ0v) is 31.9. The number of carbonyl (C=O) groups is 2. The van der Waals surface area contributed by atoms with Crippen molar-refractivity contribution in [3.8, 4) is 11.5 Å². The number of amides is 2. The summed E-state index contributed by atoms with van der Waals surface area (Å²) in [7, 11) is 0. The van der Waals surface area contributed by atoms with Crippen LogP contribution in [0.3, 0.4) is 0 Å². The Morgan fingerprint density at radius 1 is 0.927 bits per heavy atom. The van der Waals surface area contributed by atoms with Crippen LogP contribution < -0.4 is 30.3 Å². The van der Waals surface area contributed by atoms with E-state index in [-0.39, 0.29) is 29.4 Å². The van der Waals surface area contributed by atoms with Gasteiger partial charge in [0.2, 0.25) is 17.8 Å². The lowest BCUT2D eigenvalue weighted by molar-refractivity contribution is -0.137. The average Bonchev–Trinajstić information content (AvgIpc) is 3.94. The van der Waals surface area contributed by atoms with Crippen molar-refractivity contribution in [1.29, 1.82) is 0 Å². The number of rotatable bonds is 11. The molecule has 0 bridgehead atoms. The van der Waals surface area contributed by atoms with E-state index in [1.54, 1.807) is 0 Å². The average molecular weight is 742 g/mol. The van der Waals surface area contributed by atoms with E-state index in [4.69, 9.17) is 14.5 Å². The molecular formula is C44H51N7O4. The lowest BCUT2D eigenvalue weighted by atomic mass is 9.78. The van der Waals surface area contributed by atoms with Gasteiger partial charge in [0.15, 0.2) is 0 Å². The summed E-state index contributed by atoms with van der Waals surface area (Å²) in [5.41, 5.74) is 7.10. The number of anilines is 2. The zero-order chi connectivity index (χ0) is 37.6. The number of carbonyl (C=O) groups excluding carboxylic acids is 2. The second kappa shape index (κ2) is 14.6. The Balaban J connectivity index is 0.734. The lowest BCUT2D eigenvalue weighted by Crippen LogP contribution is -2.50. The molecule has 1 aliphatic carbocycles. The first-order valence-electron chi connectivity index (χ1n) is 19.9. The molecule has 4 aromatic rings. The Morgan fingerprint density at radius 2 is 1.69 bits per heavy atom. The van der Waals surface area contributed by atoms with Gasteiger partial charge in [-0.1, -0.05) is 44.2 Å². The first-order chi connectivity index (χ1) is 26.7. The maximum absolute atomic E-state index is 12.4. The fourth-order valence-corrected chi connectivity index (χ4v) is 9.08. The Bertz CT molecular complexity index is 2040. The Hall–Kier alpha value is -5.00. The molecule has 1 spiro atoms. The molecule has 1 aromatic heterocycles. The Labute approximate surface area is 323 Å². The molecule has 2 unspecified atom stereocenters. The third-order valence-electron chi connectivity index (χ3n) is 12.7. The fraction of sp³-hybridized carbons (Fsp3) is 0.455. The van der Waals surface area contributed by atoms with E-state index in [0.717, 1.165) is 80.9 Å². The summed E-state index contributed by atoms with van der Waals surface area (Å²) in [6, 6.07) is 25.5. The lowest BCUT2D eigenvalue weighted by Gasteiger charge is -2.36. The van der Waals surface area contributed by atoms with Crippen molar-refractivity contribution in [3.63, 3.8) is 0 Å². The number of imide groups is 1. The van der Waals surface area contributed by atoms with Crippen LogP contribution in [0.15, 0.2) is 79.0 Å². The summed E-state index contributed by atoms with van der Waals surface area (Å²) < 4.78 is 12.5. The van der Waals surface area contributed by atoms with Gasteiger partial charge in [-0.05, 0) is 90.5 Å². The van der Waals surface area contributed by atoms with Gasteiger partial charge >= 0.3 is 0 Å². The van der Waals surface area contributed by atoms with E-state index in [0.29, 0.717) is 30.9 Å². The molecule has 4 aliphatic heterocycles. The van der Waals surface area contributed by atoms with E-state index in [9.17, 15) is 9.59 Å². The van der Waals surface area contributed by atoms with Crippen LogP contribution in [0.1, 0.15) is 80.3 Å². The standard InChI is InChI=1S/C44H51N7O4/c1-43(2,31-4-9-36(10-5-31)54-26-34-15-18-46-42(48-34)50-20-17-44(28-50)16-19-45-27-44)32-6-11-37(12-7-32)55-38-22-35(23-38)47-33-8-3-29-24-51(25-30(29)21-33)39-13-14-40(52)49-41(39)53/h3-12,15,18,21,35,38-39,45,47H,13-14,16-17,19-20,22-28H2,1-2H3,(H,49,52,53). The highest BCUT2D eigenvalue weighted by molar-refractivity contribution is 6.00. The van der Waals surface area contributed by atoms with Crippen LogP contribution in [0.5, 0.6) is 11.5 Å². The van der Waals surface area contributed by atoms with Crippen LogP contribution in [-0.2, 0) is 34.7 Å². The number of aromatic nitrogens is 2. The van der Waals surface area contributed by atoms with Crippen LogP contribution in [0.25, 0.3) is 0 Å². The molecule has 4 fully saturated rings. The first-order valence-corrected chi connectivity index (χ1v) is 19.9. The van der Waals surface area contributed by atoms with Crippen LogP contribution in [0.2, 0.25) is 0 Å². The van der Waals surface area contributed by atoms with E-state index in [1.165, 1.54) is 35.1 Å². The van der Waals surface area contributed by atoms with Gasteiger partial charge in [-0.25, -0.2) is 9.97 Å². The number of piperidine rings is 1. The van der Waals surface area contributed by atoms with Crippen LogP contribution in [-0.4, -0.2) is 71.0 Å².